The van der Waals surface area contributed by atoms with Crippen molar-refractivity contribution in [2.75, 3.05) is 0 Å². The van der Waals surface area contributed by atoms with Crippen molar-refractivity contribution >= 4 is 0 Å². The lowest BCUT2D eigenvalue weighted by atomic mass is 9.47. The van der Waals surface area contributed by atoms with E-state index in [9.17, 15) is 10.2 Å². The van der Waals surface area contributed by atoms with Gasteiger partial charge in [0.25, 0.3) is 0 Å². The van der Waals surface area contributed by atoms with Crippen molar-refractivity contribution < 1.29 is 10.2 Å². The van der Waals surface area contributed by atoms with Gasteiger partial charge in [-0.2, -0.15) is 0 Å². The summed E-state index contributed by atoms with van der Waals surface area (Å²) in [5, 5.41) is 21.3. The van der Waals surface area contributed by atoms with Crippen LogP contribution >= 0.6 is 0 Å². The van der Waals surface area contributed by atoms with Crippen LogP contribution in [0, 0.1) is 46.3 Å². The van der Waals surface area contributed by atoms with Crippen LogP contribution in [0.2, 0.25) is 0 Å². The second kappa shape index (κ2) is 7.27. The molecule has 4 aliphatic carbocycles. The van der Waals surface area contributed by atoms with E-state index in [1.807, 2.05) is 0 Å². The molecule has 2 heteroatoms. The molecule has 0 radical (unpaired) electrons. The maximum Gasteiger partial charge on any atom is 0.0758 e. The van der Waals surface area contributed by atoms with Gasteiger partial charge in [0.15, 0.2) is 0 Å². The van der Waals surface area contributed by atoms with Gasteiger partial charge in [-0.15, -0.1) is 0 Å². The molecule has 2 nitrogen and oxygen atoms in total. The second-order valence-corrected chi connectivity index (χ2v) is 11.5. The minimum atomic E-state index is -0.370. The first kappa shape index (κ1) is 20.7. The molecule has 0 aromatic carbocycles. The molecule has 4 aliphatic rings. The molecule has 0 aromatic rings. The van der Waals surface area contributed by atoms with E-state index in [0.29, 0.717) is 29.1 Å². The molecule has 3 saturated carbocycles. The smallest absolute Gasteiger partial charge is 0.0758 e. The minimum absolute atomic E-state index is 0.172. The normalized spacial score (nSPS) is 49.5. The number of hydrogen-bond donors (Lipinski definition) is 2. The van der Waals surface area contributed by atoms with E-state index in [-0.39, 0.29) is 23.5 Å². The molecule has 4 rings (SSSR count). The summed E-state index contributed by atoms with van der Waals surface area (Å²) in [4.78, 5) is 0. The van der Waals surface area contributed by atoms with Gasteiger partial charge in [-0.05, 0) is 91.3 Å². The van der Waals surface area contributed by atoms with Gasteiger partial charge in [-0.3, -0.25) is 0 Å². The van der Waals surface area contributed by atoms with Crippen LogP contribution in [-0.2, 0) is 0 Å². The van der Waals surface area contributed by atoms with Crippen LogP contribution in [0.15, 0.2) is 23.8 Å². The lowest BCUT2D eigenvalue weighted by Crippen LogP contribution is -2.53. The van der Waals surface area contributed by atoms with Gasteiger partial charge in [0.05, 0.1) is 12.2 Å². The van der Waals surface area contributed by atoms with Gasteiger partial charge in [0, 0.05) is 0 Å². The molecule has 0 aromatic heterocycles. The summed E-state index contributed by atoms with van der Waals surface area (Å²) in [5.41, 5.74) is 2.14. The molecule has 2 N–H and O–H groups in total. The summed E-state index contributed by atoms with van der Waals surface area (Å²) in [7, 11) is 0. The molecule has 0 aliphatic heterocycles. The number of aliphatic hydroxyl groups excluding tert-OH is 2. The van der Waals surface area contributed by atoms with Gasteiger partial charge >= 0.3 is 0 Å². The summed E-state index contributed by atoms with van der Waals surface area (Å²) in [5.74, 6) is 3.51. The van der Waals surface area contributed by atoms with Gasteiger partial charge < -0.3 is 10.2 Å². The summed E-state index contributed by atoms with van der Waals surface area (Å²) in [6.07, 6.45) is 14.5. The minimum Gasteiger partial charge on any atom is -0.393 e. The molecular formula is C26H42O2. The predicted octanol–water partition coefficient (Wildman–Crippen LogP) is 5.75. The Kier molecular flexibility index (Phi) is 5.37. The third kappa shape index (κ3) is 3.14. The first-order chi connectivity index (χ1) is 13.2. The molecular weight excluding hydrogens is 344 g/mol. The monoisotopic (exact) mass is 386 g/mol. The van der Waals surface area contributed by atoms with E-state index < -0.39 is 0 Å². The van der Waals surface area contributed by atoms with Crippen LogP contribution in [0.5, 0.6) is 0 Å². The molecule has 0 heterocycles. The summed E-state index contributed by atoms with van der Waals surface area (Å²) < 4.78 is 0. The Bertz CT molecular complexity index is 649. The standard InChI is InChI=1S/C26H42O2/c1-16(2)6-7-17(3)20-8-9-21-19-15-24(28)23-14-18(27)10-12-26(23,5)22(19)11-13-25(20,21)4/h6-7,15-18,20-24,27-28H,8-14H2,1-5H3. The SMILES string of the molecule is CC(C)C=CC(C)C1CCC2C3=CC(O)C4CC(O)CCC4(C)C3CCC21C. The fraction of sp³-hybridized carbons (Fsp3) is 0.846. The second-order valence-electron chi connectivity index (χ2n) is 11.5. The molecule has 28 heavy (non-hydrogen) atoms. The molecule has 0 amide bonds. The highest BCUT2D eigenvalue weighted by Crippen LogP contribution is 2.66. The summed E-state index contributed by atoms with van der Waals surface area (Å²) in [6, 6.07) is 0. The van der Waals surface area contributed by atoms with Crippen LogP contribution in [-0.4, -0.2) is 22.4 Å². The van der Waals surface area contributed by atoms with Gasteiger partial charge in [0.2, 0.25) is 0 Å². The van der Waals surface area contributed by atoms with Crippen molar-refractivity contribution in [3.8, 4) is 0 Å². The lowest BCUT2D eigenvalue weighted by Gasteiger charge is -2.58. The maximum atomic E-state index is 11.1. The highest BCUT2D eigenvalue weighted by molar-refractivity contribution is 5.30. The quantitative estimate of drug-likeness (QED) is 0.607. The molecule has 0 spiro atoms. The summed E-state index contributed by atoms with van der Waals surface area (Å²) in [6.45, 7) is 11.9. The Morgan fingerprint density at radius 3 is 2.32 bits per heavy atom. The molecule has 158 valence electrons. The summed E-state index contributed by atoms with van der Waals surface area (Å²) >= 11 is 0. The van der Waals surface area contributed by atoms with Crippen molar-refractivity contribution in [1.82, 2.24) is 0 Å². The van der Waals surface area contributed by atoms with E-state index in [2.05, 4.69) is 52.8 Å². The highest BCUT2D eigenvalue weighted by atomic mass is 16.3. The third-order valence-electron chi connectivity index (χ3n) is 9.58. The molecule has 3 fully saturated rings. The van der Waals surface area contributed by atoms with Gasteiger partial charge in [0.1, 0.15) is 0 Å². The zero-order chi connectivity index (χ0) is 20.3. The Hall–Kier alpha value is -0.600. The van der Waals surface area contributed by atoms with Crippen LogP contribution in [0.3, 0.4) is 0 Å². The maximum absolute atomic E-state index is 11.1. The predicted molar refractivity (Wildman–Crippen MR) is 116 cm³/mol. The van der Waals surface area contributed by atoms with Crippen molar-refractivity contribution in [3.63, 3.8) is 0 Å². The molecule has 9 atom stereocenters. The topological polar surface area (TPSA) is 40.5 Å². The van der Waals surface area contributed by atoms with Gasteiger partial charge in [-0.1, -0.05) is 58.4 Å². The van der Waals surface area contributed by atoms with Gasteiger partial charge in [-0.25, -0.2) is 0 Å². The van der Waals surface area contributed by atoms with E-state index in [1.54, 1.807) is 5.57 Å². The van der Waals surface area contributed by atoms with E-state index >= 15 is 0 Å². The first-order valence-corrected chi connectivity index (χ1v) is 11.9. The van der Waals surface area contributed by atoms with E-state index in [4.69, 9.17) is 0 Å². The number of rotatable bonds is 3. The average Bonchev–Trinajstić information content (AvgIpc) is 2.99. The van der Waals surface area contributed by atoms with Crippen LogP contribution in [0.4, 0.5) is 0 Å². The number of allylic oxidation sites excluding steroid dienone is 3. The fourth-order valence-electron chi connectivity index (χ4n) is 7.99. The van der Waals surface area contributed by atoms with Crippen molar-refractivity contribution in [2.45, 2.75) is 91.8 Å². The Morgan fingerprint density at radius 2 is 1.61 bits per heavy atom. The lowest BCUT2D eigenvalue weighted by molar-refractivity contribution is -0.0829. The Morgan fingerprint density at radius 1 is 0.929 bits per heavy atom. The van der Waals surface area contributed by atoms with Crippen LogP contribution in [0.1, 0.15) is 79.6 Å². The van der Waals surface area contributed by atoms with Crippen molar-refractivity contribution in [1.29, 1.82) is 0 Å². The average molecular weight is 387 g/mol. The zero-order valence-electron chi connectivity index (χ0n) is 18.7. The van der Waals surface area contributed by atoms with Crippen molar-refractivity contribution in [3.05, 3.63) is 23.8 Å². The number of aliphatic hydroxyl groups is 2. The Labute approximate surface area is 172 Å². The number of hydrogen-bond acceptors (Lipinski definition) is 2. The van der Waals surface area contributed by atoms with E-state index in [1.165, 1.54) is 25.7 Å². The van der Waals surface area contributed by atoms with Crippen LogP contribution < -0.4 is 0 Å². The van der Waals surface area contributed by atoms with Crippen molar-refractivity contribution in [2.24, 2.45) is 46.3 Å². The zero-order valence-corrected chi connectivity index (χ0v) is 18.7. The number of fused-ring (bicyclic) bond motifs is 5. The highest BCUT2D eigenvalue weighted by Gasteiger charge is 2.59. The van der Waals surface area contributed by atoms with Crippen LogP contribution in [0.25, 0.3) is 0 Å². The molecule has 9 unspecified atom stereocenters. The molecule has 0 bridgehead atoms. The van der Waals surface area contributed by atoms with E-state index in [0.717, 1.165) is 25.2 Å². The fourth-order valence-corrected chi connectivity index (χ4v) is 7.99. The largest absolute Gasteiger partial charge is 0.393 e. The molecule has 0 saturated heterocycles. The Balaban J connectivity index is 1.62. The first-order valence-electron chi connectivity index (χ1n) is 11.9. The third-order valence-corrected chi connectivity index (χ3v) is 9.58.